The van der Waals surface area contributed by atoms with Crippen LogP contribution in [0.5, 0.6) is 0 Å². The monoisotopic (exact) mass is 271 g/mol. The largest absolute Gasteiger partial charge is 0.349 e. The van der Waals surface area contributed by atoms with Crippen molar-refractivity contribution in [3.05, 3.63) is 29.3 Å². The minimum absolute atomic E-state index is 0.0362. The molecule has 0 aliphatic carbocycles. The van der Waals surface area contributed by atoms with Gasteiger partial charge in [0, 0.05) is 11.6 Å². The summed E-state index contributed by atoms with van der Waals surface area (Å²) in [7, 11) is 0. The number of nitrogens with one attached hydrogen (secondary N) is 2. The van der Waals surface area contributed by atoms with Crippen molar-refractivity contribution in [1.82, 2.24) is 5.32 Å². The lowest BCUT2D eigenvalue weighted by atomic mass is 10.0. The van der Waals surface area contributed by atoms with Gasteiger partial charge in [-0.05, 0) is 24.5 Å². The Hall–Kier alpha value is -1.69. The van der Waals surface area contributed by atoms with Crippen LogP contribution in [0, 0.1) is 17.6 Å². The number of benzene rings is 1. The van der Waals surface area contributed by atoms with Crippen LogP contribution in [-0.2, 0) is 0 Å². The van der Waals surface area contributed by atoms with Crippen LogP contribution in [0.2, 0.25) is 0 Å². The molecule has 0 saturated carbocycles. The Kier molecular flexibility index (Phi) is 5.23. The van der Waals surface area contributed by atoms with Gasteiger partial charge in [-0.15, -0.1) is 0 Å². The van der Waals surface area contributed by atoms with Crippen molar-refractivity contribution in [3.8, 4) is 0 Å². The molecule has 1 rings (SSSR count). The third-order valence-electron chi connectivity index (χ3n) is 3.01. The molecule has 1 aromatic carbocycles. The molecule has 0 aliphatic heterocycles. The molecule has 0 bridgehead atoms. The number of amides is 1. The quantitative estimate of drug-likeness (QED) is 0.569. The second-order valence-electron chi connectivity index (χ2n) is 4.69. The molecule has 6 heteroatoms. The van der Waals surface area contributed by atoms with Gasteiger partial charge in [-0.2, -0.15) is 0 Å². The van der Waals surface area contributed by atoms with Gasteiger partial charge in [-0.1, -0.05) is 20.8 Å². The fourth-order valence-electron chi connectivity index (χ4n) is 1.83. The molecule has 0 fully saturated rings. The van der Waals surface area contributed by atoms with Crippen molar-refractivity contribution >= 4 is 11.6 Å². The minimum Gasteiger partial charge on any atom is -0.349 e. The number of rotatable bonds is 5. The maximum atomic E-state index is 13.5. The molecule has 0 saturated heterocycles. The summed E-state index contributed by atoms with van der Waals surface area (Å²) in [6.07, 6.45) is 0.747. The summed E-state index contributed by atoms with van der Waals surface area (Å²) in [4.78, 5) is 11.9. The predicted octanol–water partition coefficient (Wildman–Crippen LogP) is 2.41. The first-order valence-corrected chi connectivity index (χ1v) is 6.17. The van der Waals surface area contributed by atoms with Crippen LogP contribution in [0.3, 0.4) is 0 Å². The average Bonchev–Trinajstić information content (AvgIpc) is 2.34. The van der Waals surface area contributed by atoms with Crippen LogP contribution < -0.4 is 16.6 Å². The van der Waals surface area contributed by atoms with E-state index >= 15 is 0 Å². The van der Waals surface area contributed by atoms with Crippen molar-refractivity contribution < 1.29 is 13.6 Å². The first kappa shape index (κ1) is 15.4. The zero-order valence-corrected chi connectivity index (χ0v) is 11.3. The highest BCUT2D eigenvalue weighted by Crippen LogP contribution is 2.20. The van der Waals surface area contributed by atoms with Crippen molar-refractivity contribution in [1.29, 1.82) is 0 Å². The van der Waals surface area contributed by atoms with E-state index in [9.17, 15) is 13.6 Å². The van der Waals surface area contributed by atoms with Gasteiger partial charge in [-0.25, -0.2) is 8.78 Å². The van der Waals surface area contributed by atoms with E-state index in [0.29, 0.717) is 0 Å². The molecule has 0 aromatic heterocycles. The van der Waals surface area contributed by atoms with Crippen LogP contribution in [0.1, 0.15) is 37.6 Å². The lowest BCUT2D eigenvalue weighted by Crippen LogP contribution is -2.38. The fraction of sp³-hybridized carbons (Fsp3) is 0.462. The second-order valence-corrected chi connectivity index (χ2v) is 4.69. The van der Waals surface area contributed by atoms with E-state index in [1.54, 1.807) is 0 Å². The summed E-state index contributed by atoms with van der Waals surface area (Å²) in [5.41, 5.74) is 1.40. The molecule has 4 N–H and O–H groups in total. The molecular formula is C13H19F2N3O. The number of anilines is 1. The Morgan fingerprint density at radius 1 is 1.32 bits per heavy atom. The summed E-state index contributed by atoms with van der Waals surface area (Å²) < 4.78 is 27.0. The number of hydrogen-bond donors (Lipinski definition) is 3. The number of halogens is 2. The van der Waals surface area contributed by atoms with Crippen molar-refractivity contribution in [2.75, 3.05) is 5.43 Å². The summed E-state index contributed by atoms with van der Waals surface area (Å²) in [5, 5.41) is 2.75. The van der Waals surface area contributed by atoms with Gasteiger partial charge in [0.25, 0.3) is 5.91 Å². The minimum atomic E-state index is -0.898. The van der Waals surface area contributed by atoms with Gasteiger partial charge in [-0.3, -0.25) is 10.6 Å². The molecule has 0 radical (unpaired) electrons. The standard InChI is InChI=1S/C13H19F2N3O/c1-4-11(7(2)3)17-13(19)8-5-9(14)12(18-16)10(15)6-8/h5-7,11,18H,4,16H2,1-3H3,(H,17,19). The van der Waals surface area contributed by atoms with Crippen LogP contribution >= 0.6 is 0 Å². The molecule has 1 unspecified atom stereocenters. The van der Waals surface area contributed by atoms with Gasteiger partial charge in [0.05, 0.1) is 0 Å². The lowest BCUT2D eigenvalue weighted by Gasteiger charge is -2.20. The molecule has 1 atom stereocenters. The van der Waals surface area contributed by atoms with Crippen LogP contribution in [-0.4, -0.2) is 11.9 Å². The van der Waals surface area contributed by atoms with E-state index in [2.05, 4.69) is 5.32 Å². The molecule has 106 valence electrons. The van der Waals surface area contributed by atoms with Crippen LogP contribution in [0.25, 0.3) is 0 Å². The van der Waals surface area contributed by atoms with Gasteiger partial charge < -0.3 is 10.7 Å². The Morgan fingerprint density at radius 2 is 1.84 bits per heavy atom. The zero-order valence-electron chi connectivity index (χ0n) is 11.3. The first-order chi connectivity index (χ1) is 8.90. The van der Waals surface area contributed by atoms with Gasteiger partial charge in [0.15, 0.2) is 11.6 Å². The number of nitrogen functional groups attached to an aromatic ring is 1. The molecular weight excluding hydrogens is 252 g/mol. The SMILES string of the molecule is CCC(NC(=O)c1cc(F)c(NN)c(F)c1)C(C)C. The number of hydrogen-bond acceptors (Lipinski definition) is 3. The Bertz CT molecular complexity index is 440. The maximum absolute atomic E-state index is 13.5. The Balaban J connectivity index is 2.95. The highest BCUT2D eigenvalue weighted by atomic mass is 19.1. The molecule has 4 nitrogen and oxygen atoms in total. The van der Waals surface area contributed by atoms with E-state index in [1.807, 2.05) is 26.2 Å². The smallest absolute Gasteiger partial charge is 0.251 e. The number of carbonyl (C=O) groups excluding carboxylic acids is 1. The summed E-state index contributed by atoms with van der Waals surface area (Å²) >= 11 is 0. The van der Waals surface area contributed by atoms with Gasteiger partial charge >= 0.3 is 0 Å². The van der Waals surface area contributed by atoms with Crippen LogP contribution in [0.4, 0.5) is 14.5 Å². The number of nitrogens with two attached hydrogens (primary N) is 1. The summed E-state index contributed by atoms with van der Waals surface area (Å²) in [5.74, 6) is 2.94. The van der Waals surface area contributed by atoms with Crippen molar-refractivity contribution in [2.45, 2.75) is 33.2 Å². The molecule has 1 aromatic rings. The van der Waals surface area contributed by atoms with E-state index < -0.39 is 23.2 Å². The fourth-order valence-corrected chi connectivity index (χ4v) is 1.83. The number of carbonyl (C=O) groups is 1. The maximum Gasteiger partial charge on any atom is 0.251 e. The third-order valence-corrected chi connectivity index (χ3v) is 3.01. The molecule has 1 amide bonds. The Labute approximate surface area is 111 Å². The van der Waals surface area contributed by atoms with E-state index in [-0.39, 0.29) is 17.5 Å². The normalized spacial score (nSPS) is 12.4. The summed E-state index contributed by atoms with van der Waals surface area (Å²) in [6.45, 7) is 5.88. The first-order valence-electron chi connectivity index (χ1n) is 6.17. The third kappa shape index (κ3) is 3.64. The molecule has 0 aliphatic rings. The van der Waals surface area contributed by atoms with Crippen molar-refractivity contribution in [2.24, 2.45) is 11.8 Å². The summed E-state index contributed by atoms with van der Waals surface area (Å²) in [6, 6.07) is 1.88. The van der Waals surface area contributed by atoms with E-state index in [1.165, 1.54) is 0 Å². The van der Waals surface area contributed by atoms with Gasteiger partial charge in [0.2, 0.25) is 0 Å². The second kappa shape index (κ2) is 6.47. The highest BCUT2D eigenvalue weighted by Gasteiger charge is 2.18. The van der Waals surface area contributed by atoms with E-state index in [0.717, 1.165) is 18.6 Å². The molecule has 19 heavy (non-hydrogen) atoms. The average molecular weight is 271 g/mol. The van der Waals surface area contributed by atoms with Crippen molar-refractivity contribution in [3.63, 3.8) is 0 Å². The molecule has 0 spiro atoms. The highest BCUT2D eigenvalue weighted by molar-refractivity contribution is 5.94. The molecule has 0 heterocycles. The number of hydrazine groups is 1. The van der Waals surface area contributed by atoms with Crippen LogP contribution in [0.15, 0.2) is 12.1 Å². The van der Waals surface area contributed by atoms with E-state index in [4.69, 9.17) is 5.84 Å². The lowest BCUT2D eigenvalue weighted by molar-refractivity contribution is 0.0923. The van der Waals surface area contributed by atoms with Gasteiger partial charge in [0.1, 0.15) is 5.69 Å². The zero-order chi connectivity index (χ0) is 14.6. The predicted molar refractivity (Wildman–Crippen MR) is 70.6 cm³/mol. The Morgan fingerprint density at radius 3 is 2.21 bits per heavy atom. The topological polar surface area (TPSA) is 67.2 Å².